The number of ether oxygens (including phenoxy) is 1. The fraction of sp³-hybridized carbons (Fsp3) is 0.529. The largest absolute Gasteiger partial charge is 0.496 e. The number of ketones is 1. The third-order valence-corrected chi connectivity index (χ3v) is 3.97. The van der Waals surface area contributed by atoms with E-state index in [9.17, 15) is 9.59 Å². The molecule has 1 aliphatic rings. The van der Waals surface area contributed by atoms with Crippen molar-refractivity contribution in [3.63, 3.8) is 0 Å². The Hall–Kier alpha value is -1.84. The van der Waals surface area contributed by atoms with Crippen LogP contribution in [0, 0.1) is 0 Å². The van der Waals surface area contributed by atoms with Crippen LogP contribution in [-0.4, -0.2) is 30.2 Å². The number of nitrogens with zero attached hydrogens (tertiary/aromatic N) is 1. The molecule has 0 unspecified atom stereocenters. The van der Waals surface area contributed by atoms with Gasteiger partial charge in [-0.1, -0.05) is 12.8 Å². The summed E-state index contributed by atoms with van der Waals surface area (Å²) in [5.74, 6) is 0.956. The Morgan fingerprint density at radius 1 is 1.24 bits per heavy atom. The molecule has 0 saturated carbocycles. The molecular formula is C17H23NO3. The average Bonchev–Trinajstić information content (AvgIpc) is 2.46. The molecule has 1 aromatic rings. The molecule has 0 spiro atoms. The van der Waals surface area contributed by atoms with E-state index in [2.05, 4.69) is 0 Å². The Kier molecular flexibility index (Phi) is 5.37. The van der Waals surface area contributed by atoms with Gasteiger partial charge in [0.2, 0.25) is 5.91 Å². The topological polar surface area (TPSA) is 46.6 Å². The Labute approximate surface area is 126 Å². The number of benzene rings is 1. The molecule has 4 heteroatoms. The van der Waals surface area contributed by atoms with Gasteiger partial charge in [0.25, 0.3) is 0 Å². The summed E-state index contributed by atoms with van der Waals surface area (Å²) in [6, 6.07) is 5.41. The number of hydrogen-bond donors (Lipinski definition) is 0. The van der Waals surface area contributed by atoms with Crippen LogP contribution in [0.2, 0.25) is 0 Å². The maximum atomic E-state index is 12.2. The van der Waals surface area contributed by atoms with Crippen molar-refractivity contribution in [3.8, 4) is 5.75 Å². The van der Waals surface area contributed by atoms with Gasteiger partial charge in [-0.15, -0.1) is 0 Å². The summed E-state index contributed by atoms with van der Waals surface area (Å²) in [6.07, 6.45) is 4.95. The van der Waals surface area contributed by atoms with Crippen LogP contribution in [0.4, 0.5) is 0 Å². The van der Waals surface area contributed by atoms with E-state index in [-0.39, 0.29) is 11.7 Å². The van der Waals surface area contributed by atoms with Crippen LogP contribution in [0.3, 0.4) is 0 Å². The minimum Gasteiger partial charge on any atom is -0.496 e. The van der Waals surface area contributed by atoms with Crippen molar-refractivity contribution in [3.05, 3.63) is 29.3 Å². The van der Waals surface area contributed by atoms with E-state index < -0.39 is 0 Å². The standard InChI is InChI=1S/C17H23NO3/c1-13(19)14-8-9-16(21-2)15(11-14)12-18-10-6-4-3-5-7-17(18)20/h8-9,11H,3-7,10,12H2,1-2H3. The zero-order valence-corrected chi connectivity index (χ0v) is 12.9. The van der Waals surface area contributed by atoms with Gasteiger partial charge in [-0.25, -0.2) is 0 Å². The fourth-order valence-corrected chi connectivity index (χ4v) is 2.71. The first-order chi connectivity index (χ1) is 10.1. The highest BCUT2D eigenvalue weighted by molar-refractivity contribution is 5.94. The van der Waals surface area contributed by atoms with Gasteiger partial charge in [0.05, 0.1) is 7.11 Å². The lowest BCUT2D eigenvalue weighted by atomic mass is 10.0. The predicted octanol–water partition coefficient (Wildman–Crippen LogP) is 3.19. The van der Waals surface area contributed by atoms with Gasteiger partial charge < -0.3 is 9.64 Å². The number of likely N-dealkylation sites (tertiary alicyclic amines) is 1. The first-order valence-corrected chi connectivity index (χ1v) is 7.57. The van der Waals surface area contributed by atoms with Gasteiger partial charge in [0, 0.05) is 30.6 Å². The summed E-state index contributed by atoms with van der Waals surface area (Å²) in [5, 5.41) is 0. The summed E-state index contributed by atoms with van der Waals surface area (Å²) >= 11 is 0. The average molecular weight is 289 g/mol. The SMILES string of the molecule is COc1ccc(C(C)=O)cc1CN1CCCCCCC1=O. The molecule has 1 aliphatic heterocycles. The number of methoxy groups -OCH3 is 1. The molecule has 1 fully saturated rings. The number of carbonyl (C=O) groups excluding carboxylic acids is 2. The van der Waals surface area contributed by atoms with Gasteiger partial charge in [0.1, 0.15) is 5.75 Å². The van der Waals surface area contributed by atoms with Crippen LogP contribution in [0.15, 0.2) is 18.2 Å². The summed E-state index contributed by atoms with van der Waals surface area (Å²) in [7, 11) is 1.61. The van der Waals surface area contributed by atoms with Gasteiger partial charge in [-0.2, -0.15) is 0 Å². The number of hydrogen-bond acceptors (Lipinski definition) is 3. The van der Waals surface area contributed by atoms with Crippen molar-refractivity contribution < 1.29 is 14.3 Å². The van der Waals surface area contributed by atoms with Gasteiger partial charge in [-0.05, 0) is 38.0 Å². The Morgan fingerprint density at radius 2 is 2.00 bits per heavy atom. The quantitative estimate of drug-likeness (QED) is 0.800. The number of rotatable bonds is 4. The van der Waals surface area contributed by atoms with E-state index in [0.717, 1.165) is 37.1 Å². The van der Waals surface area contributed by atoms with Crippen LogP contribution >= 0.6 is 0 Å². The molecule has 2 rings (SSSR count). The normalized spacial score (nSPS) is 16.3. The smallest absolute Gasteiger partial charge is 0.222 e. The van der Waals surface area contributed by atoms with Crippen molar-refractivity contribution in [1.82, 2.24) is 4.90 Å². The van der Waals surface area contributed by atoms with E-state index in [1.165, 1.54) is 6.42 Å². The van der Waals surface area contributed by atoms with Crippen LogP contribution < -0.4 is 4.74 Å². The first-order valence-electron chi connectivity index (χ1n) is 7.57. The Morgan fingerprint density at radius 3 is 2.71 bits per heavy atom. The van der Waals surface area contributed by atoms with Crippen LogP contribution in [0.1, 0.15) is 54.9 Å². The lowest BCUT2D eigenvalue weighted by molar-refractivity contribution is -0.132. The van der Waals surface area contributed by atoms with Crippen molar-refractivity contribution >= 4 is 11.7 Å². The second kappa shape index (κ2) is 7.25. The summed E-state index contributed by atoms with van der Waals surface area (Å²) in [6.45, 7) is 2.85. The Balaban J connectivity index is 2.21. The number of amides is 1. The van der Waals surface area contributed by atoms with E-state index in [0.29, 0.717) is 18.5 Å². The molecule has 1 amide bonds. The van der Waals surface area contributed by atoms with Crippen LogP contribution in [0.25, 0.3) is 0 Å². The highest BCUT2D eigenvalue weighted by Gasteiger charge is 2.18. The van der Waals surface area contributed by atoms with Gasteiger partial charge in [0.15, 0.2) is 5.78 Å². The lowest BCUT2D eigenvalue weighted by Gasteiger charge is -2.25. The third-order valence-electron chi connectivity index (χ3n) is 3.97. The van der Waals surface area contributed by atoms with Crippen molar-refractivity contribution in [2.24, 2.45) is 0 Å². The Bertz CT molecular complexity index is 525. The second-order valence-corrected chi connectivity index (χ2v) is 5.56. The van der Waals surface area contributed by atoms with Crippen molar-refractivity contribution in [1.29, 1.82) is 0 Å². The van der Waals surface area contributed by atoms with Crippen LogP contribution in [0.5, 0.6) is 5.75 Å². The molecule has 0 atom stereocenters. The highest BCUT2D eigenvalue weighted by Crippen LogP contribution is 2.23. The lowest BCUT2D eigenvalue weighted by Crippen LogP contribution is -2.32. The maximum absolute atomic E-state index is 12.2. The monoisotopic (exact) mass is 289 g/mol. The molecule has 0 aliphatic carbocycles. The molecule has 0 bridgehead atoms. The zero-order chi connectivity index (χ0) is 15.2. The fourth-order valence-electron chi connectivity index (χ4n) is 2.71. The molecule has 1 saturated heterocycles. The molecule has 114 valence electrons. The highest BCUT2D eigenvalue weighted by atomic mass is 16.5. The molecule has 1 aromatic carbocycles. The molecule has 0 aromatic heterocycles. The molecule has 1 heterocycles. The third kappa shape index (κ3) is 4.06. The van der Waals surface area contributed by atoms with Gasteiger partial charge in [-0.3, -0.25) is 9.59 Å². The summed E-state index contributed by atoms with van der Waals surface area (Å²) in [5.41, 5.74) is 1.56. The van der Waals surface area contributed by atoms with Crippen molar-refractivity contribution in [2.45, 2.75) is 45.6 Å². The van der Waals surface area contributed by atoms with Crippen LogP contribution in [-0.2, 0) is 11.3 Å². The predicted molar refractivity (Wildman–Crippen MR) is 81.5 cm³/mol. The van der Waals surface area contributed by atoms with E-state index in [1.54, 1.807) is 26.2 Å². The maximum Gasteiger partial charge on any atom is 0.222 e. The number of Topliss-reactive ketones (excluding diaryl/α,β-unsaturated/α-hetero) is 1. The first kappa shape index (κ1) is 15.5. The molecule has 0 radical (unpaired) electrons. The number of carbonyl (C=O) groups is 2. The molecule has 0 N–H and O–H groups in total. The van der Waals surface area contributed by atoms with Crippen molar-refractivity contribution in [2.75, 3.05) is 13.7 Å². The second-order valence-electron chi connectivity index (χ2n) is 5.56. The minimum absolute atomic E-state index is 0.0258. The van der Waals surface area contributed by atoms with Gasteiger partial charge >= 0.3 is 0 Å². The van der Waals surface area contributed by atoms with E-state index in [4.69, 9.17) is 4.74 Å². The molecule has 21 heavy (non-hydrogen) atoms. The molecule has 4 nitrogen and oxygen atoms in total. The minimum atomic E-state index is 0.0258. The zero-order valence-electron chi connectivity index (χ0n) is 12.9. The summed E-state index contributed by atoms with van der Waals surface area (Å²) in [4.78, 5) is 25.6. The molecular weight excluding hydrogens is 266 g/mol. The van der Waals surface area contributed by atoms with E-state index in [1.807, 2.05) is 11.0 Å². The summed E-state index contributed by atoms with van der Waals surface area (Å²) < 4.78 is 5.36. The van der Waals surface area contributed by atoms with E-state index >= 15 is 0 Å².